The number of nitrogens with zero attached hydrogens (tertiary/aromatic N) is 3. The maximum atomic E-state index is 5.26. The Morgan fingerprint density at radius 3 is 1.62 bits per heavy atom. The van der Waals surface area contributed by atoms with Crippen LogP contribution in [0.2, 0.25) is 0 Å². The van der Waals surface area contributed by atoms with Crippen LogP contribution in [0.3, 0.4) is 0 Å². The molecule has 47 heavy (non-hydrogen) atoms. The van der Waals surface area contributed by atoms with Gasteiger partial charge in [-0.15, -0.1) is 0 Å². The van der Waals surface area contributed by atoms with E-state index in [9.17, 15) is 0 Å². The van der Waals surface area contributed by atoms with Gasteiger partial charge in [-0.3, -0.25) is 4.57 Å². The van der Waals surface area contributed by atoms with E-state index in [0.29, 0.717) is 0 Å². The zero-order valence-corrected chi connectivity index (χ0v) is 25.6. The van der Waals surface area contributed by atoms with Gasteiger partial charge in [-0.25, -0.2) is 9.97 Å². The first kappa shape index (κ1) is 27.0. The molecule has 9 rings (SSSR count). The molecule has 9 aromatic rings. The number of fused-ring (bicyclic) bond motifs is 3. The standard InChI is InChI=1S/C44H29N3/c1-2-12-33(13-3-1)44-46-40-16-8-9-17-43(40)47(44)39-24-22-32(23-25-39)41-28-38(36-20-18-30-10-4-6-14-34(30)26-36)29-42(45-41)37-21-19-31-11-5-7-15-35(31)27-37/h1-29H. The minimum absolute atomic E-state index is 0.926. The first-order valence-corrected chi connectivity index (χ1v) is 15.9. The summed E-state index contributed by atoms with van der Waals surface area (Å²) in [6, 6.07) is 62.1. The summed E-state index contributed by atoms with van der Waals surface area (Å²) >= 11 is 0. The van der Waals surface area contributed by atoms with Crippen molar-refractivity contribution in [2.24, 2.45) is 0 Å². The number of hydrogen-bond acceptors (Lipinski definition) is 2. The van der Waals surface area contributed by atoms with E-state index in [4.69, 9.17) is 9.97 Å². The summed E-state index contributed by atoms with van der Waals surface area (Å²) < 4.78 is 2.24. The molecular weight excluding hydrogens is 571 g/mol. The molecule has 7 aromatic carbocycles. The second kappa shape index (κ2) is 11.2. The Morgan fingerprint density at radius 1 is 0.340 bits per heavy atom. The molecule has 0 aliphatic heterocycles. The van der Waals surface area contributed by atoms with Gasteiger partial charge in [0.1, 0.15) is 5.82 Å². The Morgan fingerprint density at radius 2 is 0.894 bits per heavy atom. The summed E-state index contributed by atoms with van der Waals surface area (Å²) in [5.74, 6) is 0.926. The van der Waals surface area contributed by atoms with E-state index in [1.54, 1.807) is 0 Å². The monoisotopic (exact) mass is 599 g/mol. The third kappa shape index (κ3) is 4.95. The van der Waals surface area contributed by atoms with Crippen molar-refractivity contribution in [3.8, 4) is 50.7 Å². The van der Waals surface area contributed by atoms with E-state index < -0.39 is 0 Å². The van der Waals surface area contributed by atoms with E-state index in [-0.39, 0.29) is 0 Å². The van der Waals surface area contributed by atoms with Gasteiger partial charge in [0.2, 0.25) is 0 Å². The van der Waals surface area contributed by atoms with Crippen LogP contribution in [0.1, 0.15) is 0 Å². The molecule has 0 bridgehead atoms. The lowest BCUT2D eigenvalue weighted by atomic mass is 9.97. The first-order valence-electron chi connectivity index (χ1n) is 15.9. The van der Waals surface area contributed by atoms with E-state index in [2.05, 4.69) is 168 Å². The maximum absolute atomic E-state index is 5.26. The Balaban J connectivity index is 1.19. The van der Waals surface area contributed by atoms with Crippen LogP contribution in [-0.2, 0) is 0 Å². The Kier molecular flexibility index (Phi) is 6.46. The fourth-order valence-corrected chi connectivity index (χ4v) is 6.56. The molecule has 0 amide bonds. The highest BCUT2D eigenvalue weighted by Gasteiger charge is 2.15. The lowest BCUT2D eigenvalue weighted by molar-refractivity contribution is 1.10. The van der Waals surface area contributed by atoms with Crippen LogP contribution < -0.4 is 0 Å². The smallest absolute Gasteiger partial charge is 0.145 e. The van der Waals surface area contributed by atoms with Gasteiger partial charge in [0, 0.05) is 22.4 Å². The molecule has 2 aromatic heterocycles. The van der Waals surface area contributed by atoms with Crippen molar-refractivity contribution in [2.75, 3.05) is 0 Å². The van der Waals surface area contributed by atoms with Crippen molar-refractivity contribution >= 4 is 32.6 Å². The van der Waals surface area contributed by atoms with Gasteiger partial charge in [-0.1, -0.05) is 127 Å². The minimum atomic E-state index is 0.926. The lowest BCUT2D eigenvalue weighted by Crippen LogP contribution is -1.98. The number of hydrogen-bond donors (Lipinski definition) is 0. The largest absolute Gasteiger partial charge is 0.292 e. The fourth-order valence-electron chi connectivity index (χ4n) is 6.56. The molecule has 0 radical (unpaired) electrons. The molecule has 0 aliphatic rings. The topological polar surface area (TPSA) is 30.7 Å². The Bertz CT molecular complexity index is 2460. The van der Waals surface area contributed by atoms with Crippen LogP contribution in [0.5, 0.6) is 0 Å². The van der Waals surface area contributed by atoms with Gasteiger partial charge < -0.3 is 0 Å². The van der Waals surface area contributed by atoms with Gasteiger partial charge in [-0.2, -0.15) is 0 Å². The second-order valence-corrected chi connectivity index (χ2v) is 11.9. The molecule has 0 saturated heterocycles. The quantitative estimate of drug-likeness (QED) is 0.197. The summed E-state index contributed by atoms with van der Waals surface area (Å²) in [6.45, 7) is 0. The van der Waals surface area contributed by atoms with Gasteiger partial charge in [0.15, 0.2) is 0 Å². The average molecular weight is 600 g/mol. The van der Waals surface area contributed by atoms with Crippen LogP contribution in [-0.4, -0.2) is 14.5 Å². The van der Waals surface area contributed by atoms with Crippen molar-refractivity contribution in [3.05, 3.63) is 176 Å². The van der Waals surface area contributed by atoms with Gasteiger partial charge >= 0.3 is 0 Å². The van der Waals surface area contributed by atoms with Crippen molar-refractivity contribution in [1.29, 1.82) is 0 Å². The number of pyridine rings is 1. The minimum Gasteiger partial charge on any atom is -0.292 e. The molecule has 0 unspecified atom stereocenters. The van der Waals surface area contributed by atoms with E-state index >= 15 is 0 Å². The zero-order valence-electron chi connectivity index (χ0n) is 25.6. The van der Waals surface area contributed by atoms with Crippen molar-refractivity contribution in [3.63, 3.8) is 0 Å². The highest BCUT2D eigenvalue weighted by molar-refractivity contribution is 5.90. The second-order valence-electron chi connectivity index (χ2n) is 11.9. The van der Waals surface area contributed by atoms with Gasteiger partial charge in [0.25, 0.3) is 0 Å². The van der Waals surface area contributed by atoms with Crippen LogP contribution in [0, 0.1) is 0 Å². The lowest BCUT2D eigenvalue weighted by Gasteiger charge is -2.13. The van der Waals surface area contributed by atoms with Crippen LogP contribution in [0.25, 0.3) is 83.3 Å². The fraction of sp³-hybridized carbons (Fsp3) is 0. The number of para-hydroxylation sites is 2. The maximum Gasteiger partial charge on any atom is 0.145 e. The number of imidazole rings is 1. The van der Waals surface area contributed by atoms with Gasteiger partial charge in [-0.05, 0) is 81.2 Å². The van der Waals surface area contributed by atoms with Crippen molar-refractivity contribution in [2.45, 2.75) is 0 Å². The number of benzene rings is 7. The van der Waals surface area contributed by atoms with E-state index in [1.165, 1.54) is 27.1 Å². The SMILES string of the molecule is c1ccc(-c2nc3ccccc3n2-c2ccc(-c3cc(-c4ccc5ccccc5c4)cc(-c4ccc5ccccc5c4)n3)cc2)cc1. The molecule has 0 atom stereocenters. The average Bonchev–Trinajstić information content (AvgIpc) is 3.54. The highest BCUT2D eigenvalue weighted by Crippen LogP contribution is 2.34. The van der Waals surface area contributed by atoms with Crippen LogP contribution >= 0.6 is 0 Å². The molecule has 2 heterocycles. The number of rotatable bonds is 5. The summed E-state index contributed by atoms with van der Waals surface area (Å²) in [5, 5.41) is 4.88. The zero-order chi connectivity index (χ0) is 31.2. The molecule has 0 saturated carbocycles. The number of aromatic nitrogens is 3. The highest BCUT2D eigenvalue weighted by atomic mass is 15.1. The predicted molar refractivity (Wildman–Crippen MR) is 196 cm³/mol. The third-order valence-electron chi connectivity index (χ3n) is 8.97. The van der Waals surface area contributed by atoms with E-state index in [1.807, 2.05) is 12.1 Å². The molecule has 220 valence electrons. The summed E-state index contributed by atoms with van der Waals surface area (Å²) in [7, 11) is 0. The Hall–Kier alpha value is -6.32. The normalized spacial score (nSPS) is 11.4. The molecule has 0 spiro atoms. The molecule has 0 fully saturated rings. The summed E-state index contributed by atoms with van der Waals surface area (Å²) in [4.78, 5) is 10.3. The molecule has 3 nitrogen and oxygen atoms in total. The molecular formula is C44H29N3. The molecule has 0 aliphatic carbocycles. The summed E-state index contributed by atoms with van der Waals surface area (Å²) in [6.07, 6.45) is 0. The molecule has 0 N–H and O–H groups in total. The summed E-state index contributed by atoms with van der Waals surface area (Å²) in [5.41, 5.74) is 10.5. The third-order valence-corrected chi connectivity index (χ3v) is 8.97. The van der Waals surface area contributed by atoms with Gasteiger partial charge in [0.05, 0.1) is 22.4 Å². The van der Waals surface area contributed by atoms with Crippen molar-refractivity contribution < 1.29 is 0 Å². The van der Waals surface area contributed by atoms with Crippen molar-refractivity contribution in [1.82, 2.24) is 14.5 Å². The van der Waals surface area contributed by atoms with Crippen LogP contribution in [0.15, 0.2) is 176 Å². The molecule has 3 heteroatoms. The van der Waals surface area contributed by atoms with E-state index in [0.717, 1.165) is 56.2 Å². The first-order chi connectivity index (χ1) is 23.3. The Labute approximate surface area is 273 Å². The predicted octanol–water partition coefficient (Wildman–Crippen LogP) is 11.4. The van der Waals surface area contributed by atoms with Crippen LogP contribution in [0.4, 0.5) is 0 Å².